The van der Waals surface area contributed by atoms with Crippen molar-refractivity contribution < 1.29 is 116 Å². The van der Waals surface area contributed by atoms with E-state index in [4.69, 9.17) is 45.9 Å². The molecule has 0 unspecified atom stereocenters. The highest BCUT2D eigenvalue weighted by atomic mass is 16.4. The highest BCUT2D eigenvalue weighted by Crippen LogP contribution is 2.16. The largest absolute Gasteiger partial charge is 0.481 e. The van der Waals surface area contributed by atoms with Crippen molar-refractivity contribution in [2.75, 3.05) is 32.7 Å². The Kier molecular flexibility index (Phi) is 49.3. The van der Waals surface area contributed by atoms with Crippen LogP contribution in [-0.4, -0.2) is 263 Å². The van der Waals surface area contributed by atoms with Crippen LogP contribution in [0.3, 0.4) is 0 Å². The van der Waals surface area contributed by atoms with Crippen LogP contribution in [0, 0.1) is 23.7 Å². The fourth-order valence-corrected chi connectivity index (χ4v) is 11.6. The molecule has 0 spiro atoms. The maximum absolute atomic E-state index is 14.5. The SMILES string of the molecule is CC[C@H](C)[C@H](NC(=O)[C@H](C)NC(=O)[C@H](CC(C)C)NC(=O)[C@H](CCC(N)=O)NC(=O)[C@H](CCCN=C(N)N)NC(=O)CNC(=O)[C@@H](NC(=O)[C@H](CCC(N)=O)NC(=O)CN)C(C)C)C(=O)N[C@@H](Cc1ccccc1)C(=O)NCC(=O)N[C@@H](CC(=O)O)C(=O)N[C@@H](CC(=O)O)C(=O)N[C@H](C(=O)N[C@@H](CC(N)=O)C(=O)N[C@@H](CCCN=C(N)N)C(=O)O)[C@@H](C)CC. The summed E-state index contributed by atoms with van der Waals surface area (Å²) in [5, 5.41) is 64.9. The van der Waals surface area contributed by atoms with Crippen molar-refractivity contribution in [1.29, 1.82) is 0 Å². The molecular weight excluding hydrogens is 1630 g/mol. The molecular formula is C75H123N25O24. The van der Waals surface area contributed by atoms with Gasteiger partial charge in [-0.15, -0.1) is 0 Å². The molecule has 18 amide bonds. The van der Waals surface area contributed by atoms with E-state index in [1.807, 2.05) is 5.32 Å². The number of benzene rings is 1. The van der Waals surface area contributed by atoms with Crippen molar-refractivity contribution in [2.45, 2.75) is 237 Å². The molecule has 0 aromatic heterocycles. The predicted octanol–water partition coefficient (Wildman–Crippen LogP) is -9.92. The normalized spacial score (nSPS) is 14.5. The molecule has 0 heterocycles. The molecule has 34 N–H and O–H groups in total. The first-order valence-electron chi connectivity index (χ1n) is 39.9. The second kappa shape index (κ2) is 56.2. The predicted molar refractivity (Wildman–Crippen MR) is 442 cm³/mol. The Labute approximate surface area is 714 Å². The number of nitrogens with zero attached hydrogens (tertiary/aromatic N) is 2. The molecule has 15 atom stereocenters. The summed E-state index contributed by atoms with van der Waals surface area (Å²) in [6.07, 6.45) is -5.39. The molecule has 0 saturated heterocycles. The third kappa shape index (κ3) is 43.2. The van der Waals surface area contributed by atoms with Crippen molar-refractivity contribution in [1.82, 2.24) is 79.8 Å². The van der Waals surface area contributed by atoms with Gasteiger partial charge in [0.05, 0.1) is 38.9 Å². The van der Waals surface area contributed by atoms with Gasteiger partial charge >= 0.3 is 17.9 Å². The fraction of sp³-hybridized carbons (Fsp3) is 0.613. The minimum atomic E-state index is -2.14. The van der Waals surface area contributed by atoms with Gasteiger partial charge in [0.1, 0.15) is 78.5 Å². The minimum absolute atomic E-state index is 0.0234. The molecule has 0 fully saturated rings. The first-order chi connectivity index (χ1) is 58.0. The first kappa shape index (κ1) is 109. The van der Waals surface area contributed by atoms with Crippen molar-refractivity contribution >= 4 is 136 Å². The number of primary amides is 3. The molecule has 692 valence electrons. The number of nitrogens with two attached hydrogens (primary N) is 8. The molecule has 1 aromatic carbocycles. The topological polar surface area (TPSA) is 832 Å². The molecule has 0 aliphatic carbocycles. The second-order valence-corrected chi connectivity index (χ2v) is 30.0. The minimum Gasteiger partial charge on any atom is -0.481 e. The lowest BCUT2D eigenvalue weighted by atomic mass is 9.96. The Balaban J connectivity index is 3.54. The molecule has 1 aromatic rings. The summed E-state index contributed by atoms with van der Waals surface area (Å²) in [5.41, 5.74) is 43.5. The average molecular weight is 1760 g/mol. The van der Waals surface area contributed by atoms with E-state index in [9.17, 15) is 116 Å². The summed E-state index contributed by atoms with van der Waals surface area (Å²) in [6.45, 7) is 11.4. The van der Waals surface area contributed by atoms with E-state index < -0.39 is 272 Å². The molecule has 49 nitrogen and oxygen atoms in total. The van der Waals surface area contributed by atoms with E-state index in [2.05, 4.69) is 84.4 Å². The van der Waals surface area contributed by atoms with Gasteiger partial charge < -0.3 is 141 Å². The van der Waals surface area contributed by atoms with Crippen molar-refractivity contribution in [3.05, 3.63) is 35.9 Å². The quantitative estimate of drug-likeness (QED) is 0.0164. The van der Waals surface area contributed by atoms with Gasteiger partial charge in [-0.1, -0.05) is 98.6 Å². The Hall–Kier alpha value is -13.4. The molecule has 0 saturated carbocycles. The van der Waals surface area contributed by atoms with Crippen LogP contribution >= 0.6 is 0 Å². The number of guanidine groups is 2. The first-order valence-corrected chi connectivity index (χ1v) is 39.9. The van der Waals surface area contributed by atoms with Gasteiger partial charge in [-0.25, -0.2) is 4.79 Å². The number of aliphatic imine (C=N–C) groups is 2. The second-order valence-electron chi connectivity index (χ2n) is 30.0. The molecule has 1 rings (SSSR count). The van der Waals surface area contributed by atoms with Crippen LogP contribution < -0.4 is 126 Å². The van der Waals surface area contributed by atoms with Crippen LogP contribution in [0.15, 0.2) is 40.3 Å². The number of carbonyl (C=O) groups excluding carboxylic acids is 18. The number of hydrogen-bond donors (Lipinski definition) is 26. The van der Waals surface area contributed by atoms with E-state index >= 15 is 0 Å². The van der Waals surface area contributed by atoms with Crippen molar-refractivity contribution in [3.63, 3.8) is 0 Å². The number of rotatable bonds is 60. The zero-order valence-electron chi connectivity index (χ0n) is 70.8. The zero-order valence-corrected chi connectivity index (χ0v) is 70.8. The van der Waals surface area contributed by atoms with E-state index in [0.717, 1.165) is 0 Å². The van der Waals surface area contributed by atoms with E-state index in [1.54, 1.807) is 78.8 Å². The monoisotopic (exact) mass is 1760 g/mol. The van der Waals surface area contributed by atoms with Gasteiger partial charge in [0.15, 0.2) is 11.9 Å². The van der Waals surface area contributed by atoms with Crippen molar-refractivity contribution in [2.24, 2.45) is 79.5 Å². The summed E-state index contributed by atoms with van der Waals surface area (Å²) in [6, 6.07) is -13.3. The Morgan fingerprint density at radius 2 is 0.726 bits per heavy atom. The van der Waals surface area contributed by atoms with Gasteiger partial charge in [0.2, 0.25) is 106 Å². The maximum atomic E-state index is 14.5. The van der Waals surface area contributed by atoms with Gasteiger partial charge in [-0.05, 0) is 81.1 Å². The van der Waals surface area contributed by atoms with Gasteiger partial charge in [0, 0.05) is 32.4 Å². The molecule has 0 bridgehead atoms. The van der Waals surface area contributed by atoms with Crippen LogP contribution in [0.1, 0.15) is 158 Å². The Morgan fingerprint density at radius 1 is 0.363 bits per heavy atom. The lowest BCUT2D eigenvalue weighted by Gasteiger charge is -2.29. The van der Waals surface area contributed by atoms with Gasteiger partial charge in [-0.3, -0.25) is 106 Å². The van der Waals surface area contributed by atoms with Crippen molar-refractivity contribution in [3.8, 4) is 0 Å². The number of carboxylic acids is 3. The summed E-state index contributed by atoms with van der Waals surface area (Å²) < 4.78 is 0. The summed E-state index contributed by atoms with van der Waals surface area (Å²) in [5.74, 6) is -27.1. The molecule has 0 radical (unpaired) electrons. The Bertz CT molecular complexity index is 3950. The number of carboxylic acid groups (broad SMARTS) is 3. The standard InChI is InChI=1S/C75H123N25O24/c1-10-37(7)59(99-61(111)39(9)88-66(116)45(27-35(3)4)94-64(114)43(22-24-51(78)102)92-63(113)41(19-15-25-84-74(80)81)90-54(105)34-87-70(120)58(36(5)6)98-65(115)42(21-23-50(77)101)89-53(104)32-76)71(121)96-46(28-40-17-13-12-14-18-40)62(112)86-33-55(106)91-48(30-56(107)108)68(118)95-49(31-57(109)110)69(119)100-60(38(8)11-2)72(122)97-47(29-52(79)103)67(117)93-44(73(123)124)20-16-26-85-75(82)83/h12-14,17-18,35-39,41-49,58-60H,10-11,15-16,19-34,76H2,1-9H3,(H2,77,101)(H2,78,102)(H2,79,103)(H,86,112)(H,87,120)(H,88,116)(H,89,104)(H,90,105)(H,91,106)(H,92,113)(H,93,117)(H,94,114)(H,95,118)(H,96,121)(H,97,122)(H,98,115)(H,99,111)(H,100,119)(H,107,108)(H,109,110)(H,123,124)(H4,80,81,84)(H4,82,83,85)/t37-,38-,39-,41-,42-,43-,44-,45-,46-,47-,48-,49-,58-,59-,60-/m0/s1. The zero-order chi connectivity index (χ0) is 94.4. The molecule has 0 aliphatic heterocycles. The number of aliphatic carboxylic acids is 3. The third-order valence-electron chi connectivity index (χ3n) is 18.8. The lowest BCUT2D eigenvalue weighted by Crippen LogP contribution is -2.61. The highest BCUT2D eigenvalue weighted by molar-refractivity contribution is 6.02. The third-order valence-corrected chi connectivity index (χ3v) is 18.8. The molecule has 0 aliphatic rings. The average Bonchev–Trinajstić information content (AvgIpc) is 0.851. The van der Waals surface area contributed by atoms with Gasteiger partial charge in [-0.2, -0.15) is 0 Å². The van der Waals surface area contributed by atoms with E-state index in [1.165, 1.54) is 13.8 Å². The van der Waals surface area contributed by atoms with E-state index in [-0.39, 0.29) is 95.1 Å². The molecule has 124 heavy (non-hydrogen) atoms. The van der Waals surface area contributed by atoms with Crippen LogP contribution in [-0.2, 0) is 107 Å². The number of carbonyl (C=O) groups is 21. The number of amides is 18. The van der Waals surface area contributed by atoms with Crippen LogP contribution in [0.4, 0.5) is 0 Å². The summed E-state index contributed by atoms with van der Waals surface area (Å²) in [7, 11) is 0. The van der Waals surface area contributed by atoms with Crippen LogP contribution in [0.5, 0.6) is 0 Å². The maximum Gasteiger partial charge on any atom is 0.326 e. The highest BCUT2D eigenvalue weighted by Gasteiger charge is 2.40. The fourth-order valence-electron chi connectivity index (χ4n) is 11.6. The van der Waals surface area contributed by atoms with E-state index in [0.29, 0.717) is 5.56 Å². The lowest BCUT2D eigenvalue weighted by molar-refractivity contribution is -0.143. The van der Waals surface area contributed by atoms with Gasteiger partial charge in [0.25, 0.3) is 0 Å². The summed E-state index contributed by atoms with van der Waals surface area (Å²) >= 11 is 0. The summed E-state index contributed by atoms with van der Waals surface area (Å²) in [4.78, 5) is 287. The Morgan fingerprint density at radius 3 is 1.17 bits per heavy atom. The molecule has 49 heteroatoms. The van der Waals surface area contributed by atoms with Crippen LogP contribution in [0.25, 0.3) is 0 Å². The smallest absolute Gasteiger partial charge is 0.326 e. The number of nitrogens with one attached hydrogen (secondary N) is 15. The van der Waals surface area contributed by atoms with Crippen LogP contribution in [0.2, 0.25) is 0 Å². The number of hydrogen-bond acceptors (Lipinski definition) is 24.